The number of carbonyl (C=O) groups excluding carboxylic acids is 1. The smallest absolute Gasteiger partial charge is 0.251 e. The first-order valence-electron chi connectivity index (χ1n) is 7.14. The molecule has 0 saturated heterocycles. The van der Waals surface area contributed by atoms with Crippen molar-refractivity contribution in [2.45, 2.75) is 65.5 Å². The minimum absolute atomic E-state index is 0.00903. The predicted octanol–water partition coefficient (Wildman–Crippen LogP) is 2.99. The van der Waals surface area contributed by atoms with E-state index in [0.717, 1.165) is 6.42 Å². The molecule has 1 rings (SSSR count). The van der Waals surface area contributed by atoms with E-state index in [9.17, 15) is 4.79 Å². The highest BCUT2D eigenvalue weighted by atomic mass is 16.5. The molecule has 0 aromatic carbocycles. The van der Waals surface area contributed by atoms with Gasteiger partial charge in [-0.2, -0.15) is 0 Å². The zero-order valence-electron chi connectivity index (χ0n) is 12.7. The molecule has 1 N–H and O–H groups in total. The van der Waals surface area contributed by atoms with Gasteiger partial charge in [0.05, 0.1) is 0 Å². The van der Waals surface area contributed by atoms with Gasteiger partial charge < -0.3 is 10.1 Å². The Morgan fingerprint density at radius 3 is 2.44 bits per heavy atom. The second-order valence-electron chi connectivity index (χ2n) is 6.62. The molecule has 1 aliphatic rings. The molecule has 1 aliphatic carbocycles. The molecule has 0 spiro atoms. The zero-order chi connectivity index (χ0) is 13.9. The lowest BCUT2D eigenvalue weighted by atomic mass is 9.74. The number of methoxy groups -OCH3 is 1. The summed E-state index contributed by atoms with van der Waals surface area (Å²) in [6.45, 7) is 10.4. The van der Waals surface area contributed by atoms with Crippen molar-refractivity contribution >= 4 is 5.91 Å². The highest BCUT2D eigenvalue weighted by molar-refractivity contribution is 5.84. The summed E-state index contributed by atoms with van der Waals surface area (Å²) < 4.78 is 5.25. The molecule has 106 valence electrons. The zero-order valence-corrected chi connectivity index (χ0v) is 12.7. The van der Waals surface area contributed by atoms with Crippen molar-refractivity contribution in [3.05, 3.63) is 0 Å². The summed E-state index contributed by atoms with van der Waals surface area (Å²) >= 11 is 0. The van der Waals surface area contributed by atoms with Crippen LogP contribution in [0.3, 0.4) is 0 Å². The van der Waals surface area contributed by atoms with Crippen LogP contribution in [0.25, 0.3) is 0 Å². The molecule has 0 aliphatic heterocycles. The van der Waals surface area contributed by atoms with Crippen LogP contribution in [0.2, 0.25) is 0 Å². The van der Waals surface area contributed by atoms with E-state index in [0.29, 0.717) is 23.8 Å². The molecule has 3 unspecified atom stereocenters. The van der Waals surface area contributed by atoms with Crippen LogP contribution in [0, 0.1) is 17.8 Å². The molecule has 1 saturated carbocycles. The van der Waals surface area contributed by atoms with Gasteiger partial charge in [-0.15, -0.1) is 0 Å². The Bertz CT molecular complexity index is 286. The topological polar surface area (TPSA) is 38.3 Å². The first-order valence-corrected chi connectivity index (χ1v) is 7.14. The molecule has 3 heteroatoms. The third kappa shape index (κ3) is 3.71. The van der Waals surface area contributed by atoms with Gasteiger partial charge in [-0.05, 0) is 44.4 Å². The molecule has 1 fully saturated rings. The lowest BCUT2D eigenvalue weighted by molar-refractivity contribution is -0.141. The first-order chi connectivity index (χ1) is 8.27. The van der Waals surface area contributed by atoms with Crippen LogP contribution < -0.4 is 5.32 Å². The van der Waals surface area contributed by atoms with E-state index >= 15 is 0 Å². The first kappa shape index (κ1) is 15.5. The highest BCUT2D eigenvalue weighted by Crippen LogP contribution is 2.33. The highest BCUT2D eigenvalue weighted by Gasteiger charge is 2.35. The third-order valence-electron chi connectivity index (χ3n) is 4.40. The average Bonchev–Trinajstić information content (AvgIpc) is 2.28. The van der Waals surface area contributed by atoms with Crippen LogP contribution in [0.4, 0.5) is 0 Å². The largest absolute Gasteiger partial charge is 0.369 e. The van der Waals surface area contributed by atoms with Gasteiger partial charge in [-0.1, -0.05) is 27.2 Å². The van der Waals surface area contributed by atoms with Crippen molar-refractivity contribution in [2.75, 3.05) is 7.11 Å². The van der Waals surface area contributed by atoms with Crippen LogP contribution in [-0.2, 0) is 9.53 Å². The minimum Gasteiger partial charge on any atom is -0.369 e. The summed E-state index contributed by atoms with van der Waals surface area (Å²) in [5, 5.41) is 3.21. The van der Waals surface area contributed by atoms with Crippen molar-refractivity contribution in [3.63, 3.8) is 0 Å². The number of hydrogen-bond donors (Lipinski definition) is 1. The molecular formula is C15H29NO2. The second kappa shape index (κ2) is 6.05. The average molecular weight is 255 g/mol. The Kier molecular flexibility index (Phi) is 5.20. The van der Waals surface area contributed by atoms with Gasteiger partial charge >= 0.3 is 0 Å². The lowest BCUT2D eigenvalue weighted by Crippen LogP contribution is -2.52. The minimum atomic E-state index is -0.734. The summed E-state index contributed by atoms with van der Waals surface area (Å²) in [4.78, 5) is 12.2. The van der Waals surface area contributed by atoms with Crippen LogP contribution in [0.5, 0.6) is 0 Å². The van der Waals surface area contributed by atoms with Crippen LogP contribution in [-0.4, -0.2) is 24.7 Å². The Labute approximate surface area is 112 Å². The van der Waals surface area contributed by atoms with Gasteiger partial charge in [-0.25, -0.2) is 0 Å². The van der Waals surface area contributed by atoms with Gasteiger partial charge in [0.15, 0.2) is 0 Å². The molecule has 3 nitrogen and oxygen atoms in total. The standard InChI is InChI=1S/C15H29NO2/c1-10(2)12-8-7-11(3)9-13(12)16-14(17)15(4,5)18-6/h10-13H,7-9H2,1-6H3,(H,16,17). The Hall–Kier alpha value is -0.570. The maximum absolute atomic E-state index is 12.2. The van der Waals surface area contributed by atoms with Crippen molar-refractivity contribution < 1.29 is 9.53 Å². The quantitative estimate of drug-likeness (QED) is 0.838. The van der Waals surface area contributed by atoms with Gasteiger partial charge in [0.25, 0.3) is 5.91 Å². The normalized spacial score (nSPS) is 29.4. The van der Waals surface area contributed by atoms with Crippen molar-refractivity contribution in [1.29, 1.82) is 0 Å². The van der Waals surface area contributed by atoms with E-state index < -0.39 is 5.60 Å². The number of amides is 1. The number of rotatable bonds is 4. The fraction of sp³-hybridized carbons (Fsp3) is 0.933. The van der Waals surface area contributed by atoms with Gasteiger partial charge in [0, 0.05) is 13.2 Å². The predicted molar refractivity (Wildman–Crippen MR) is 74.4 cm³/mol. The van der Waals surface area contributed by atoms with E-state index in [1.54, 1.807) is 7.11 Å². The number of nitrogens with one attached hydrogen (secondary N) is 1. The second-order valence-corrected chi connectivity index (χ2v) is 6.62. The molecular weight excluding hydrogens is 226 g/mol. The van der Waals surface area contributed by atoms with Crippen molar-refractivity contribution in [1.82, 2.24) is 5.32 Å². The van der Waals surface area contributed by atoms with Crippen LogP contribution in [0.15, 0.2) is 0 Å². The SMILES string of the molecule is COC(C)(C)C(=O)NC1CC(C)CCC1C(C)C. The molecule has 3 atom stereocenters. The maximum atomic E-state index is 12.2. The van der Waals surface area contributed by atoms with Crippen molar-refractivity contribution in [3.8, 4) is 0 Å². The van der Waals surface area contributed by atoms with E-state index in [-0.39, 0.29) is 5.91 Å². The summed E-state index contributed by atoms with van der Waals surface area (Å²) in [6.07, 6.45) is 3.59. The van der Waals surface area contributed by atoms with Crippen LogP contribution in [0.1, 0.15) is 53.9 Å². The Morgan fingerprint density at radius 1 is 1.33 bits per heavy atom. The summed E-state index contributed by atoms with van der Waals surface area (Å²) in [7, 11) is 1.59. The maximum Gasteiger partial charge on any atom is 0.251 e. The summed E-state index contributed by atoms with van der Waals surface area (Å²) in [5.74, 6) is 1.93. The van der Waals surface area contributed by atoms with E-state index in [2.05, 4.69) is 26.1 Å². The number of hydrogen-bond acceptors (Lipinski definition) is 2. The molecule has 0 aromatic rings. The fourth-order valence-corrected chi connectivity index (χ4v) is 2.80. The third-order valence-corrected chi connectivity index (χ3v) is 4.40. The molecule has 0 heterocycles. The molecule has 1 amide bonds. The summed E-state index contributed by atoms with van der Waals surface area (Å²) in [6, 6.07) is 0.302. The molecule has 0 bridgehead atoms. The van der Waals surface area contributed by atoms with Crippen molar-refractivity contribution in [2.24, 2.45) is 17.8 Å². The number of carbonyl (C=O) groups is 1. The van der Waals surface area contributed by atoms with Gasteiger partial charge in [-0.3, -0.25) is 4.79 Å². The molecule has 0 radical (unpaired) electrons. The number of ether oxygens (including phenoxy) is 1. The van der Waals surface area contributed by atoms with Crippen LogP contribution >= 0.6 is 0 Å². The molecule has 18 heavy (non-hydrogen) atoms. The van der Waals surface area contributed by atoms with Gasteiger partial charge in [0.2, 0.25) is 0 Å². The monoisotopic (exact) mass is 255 g/mol. The van der Waals surface area contributed by atoms with E-state index in [1.165, 1.54) is 12.8 Å². The van der Waals surface area contributed by atoms with E-state index in [1.807, 2.05) is 13.8 Å². The van der Waals surface area contributed by atoms with E-state index in [4.69, 9.17) is 4.74 Å². The Morgan fingerprint density at radius 2 is 1.94 bits per heavy atom. The lowest BCUT2D eigenvalue weighted by Gasteiger charge is -2.39. The Balaban J connectivity index is 2.69. The fourth-order valence-electron chi connectivity index (χ4n) is 2.80. The van der Waals surface area contributed by atoms with Gasteiger partial charge in [0.1, 0.15) is 5.60 Å². The summed E-state index contributed by atoms with van der Waals surface area (Å²) in [5.41, 5.74) is -0.734. The molecule has 0 aromatic heterocycles.